The van der Waals surface area contributed by atoms with Gasteiger partial charge < -0.3 is 9.55 Å². The number of nitrogens with one attached hydrogen (secondary N) is 1. The van der Waals surface area contributed by atoms with E-state index in [1.165, 1.54) is 55.7 Å². The molecule has 3 aromatic rings. The summed E-state index contributed by atoms with van der Waals surface area (Å²) in [6, 6.07) is 4.46. The Labute approximate surface area is 256 Å². The minimum absolute atomic E-state index is 0. The van der Waals surface area contributed by atoms with Crippen LogP contribution in [0.2, 0.25) is 0 Å². The van der Waals surface area contributed by atoms with E-state index in [-0.39, 0.29) is 16.5 Å². The van der Waals surface area contributed by atoms with Gasteiger partial charge >= 0.3 is 0 Å². The van der Waals surface area contributed by atoms with Crippen molar-refractivity contribution in [3.05, 3.63) is 68.3 Å². The molecule has 0 saturated carbocycles. The van der Waals surface area contributed by atoms with E-state index in [2.05, 4.69) is 95.3 Å². The van der Waals surface area contributed by atoms with Gasteiger partial charge in [-0.15, -0.1) is 0 Å². The van der Waals surface area contributed by atoms with Gasteiger partial charge in [-0.05, 0) is 98.9 Å². The van der Waals surface area contributed by atoms with Crippen LogP contribution in [-0.4, -0.2) is 19.5 Å². The largest absolute Gasteiger partial charge is 0.355 e. The fourth-order valence-electron chi connectivity index (χ4n) is 7.02. The molecule has 0 atom stereocenters. The molecule has 0 spiro atoms. The van der Waals surface area contributed by atoms with Crippen molar-refractivity contribution in [2.75, 3.05) is 0 Å². The Morgan fingerprint density at radius 2 is 1.05 bits per heavy atom. The number of allylic oxidation sites excluding steroid dienone is 1. The Balaban J connectivity index is 0.00000387. The predicted octanol–water partition coefficient (Wildman–Crippen LogP) is 9.30. The normalized spacial score (nSPS) is 12.5. The number of hydrogen-bond donors (Lipinski definition) is 1. The number of H-pyrrole nitrogens is 1. The van der Waals surface area contributed by atoms with Gasteiger partial charge in [-0.3, -0.25) is 0 Å². The maximum atomic E-state index is 5.45. The first-order valence-corrected chi connectivity index (χ1v) is 15.7. The second kappa shape index (κ2) is 12.9. The molecule has 2 aliphatic rings. The third kappa shape index (κ3) is 5.05. The van der Waals surface area contributed by atoms with Gasteiger partial charge in [0.25, 0.3) is 0 Å². The molecule has 0 saturated heterocycles. The zero-order chi connectivity index (χ0) is 28.6. The number of nitrogens with zero attached hydrogens (tertiary/aromatic N) is 3. The molecule has 2 aliphatic heterocycles. The first kappa shape index (κ1) is 31.0. The van der Waals surface area contributed by atoms with Crippen LogP contribution in [0.15, 0.2) is 12.1 Å². The van der Waals surface area contributed by atoms with E-state index in [1.807, 2.05) is 0 Å². The number of rotatable bonds is 8. The number of hydrogen-bond acceptors (Lipinski definition) is 2. The maximum absolute atomic E-state index is 5.45. The van der Waals surface area contributed by atoms with E-state index in [4.69, 9.17) is 9.97 Å². The molecule has 1 N–H and O–H groups in total. The van der Waals surface area contributed by atoms with Crippen molar-refractivity contribution in [3.8, 4) is 0 Å². The van der Waals surface area contributed by atoms with Gasteiger partial charge in [0, 0.05) is 56.3 Å². The van der Waals surface area contributed by atoms with Crippen LogP contribution in [0.1, 0.15) is 118 Å². The molecule has 5 rings (SSSR count). The van der Waals surface area contributed by atoms with Crippen molar-refractivity contribution < 1.29 is 16.5 Å². The second-order valence-corrected chi connectivity index (χ2v) is 10.8. The van der Waals surface area contributed by atoms with Crippen molar-refractivity contribution in [2.45, 2.75) is 107 Å². The molecule has 0 radical (unpaired) electrons. The molecule has 4 nitrogen and oxygen atoms in total. The first-order valence-electron chi connectivity index (χ1n) is 15.7. The van der Waals surface area contributed by atoms with Crippen molar-refractivity contribution >= 4 is 45.9 Å². The predicted molar refractivity (Wildman–Crippen MR) is 174 cm³/mol. The van der Waals surface area contributed by atoms with E-state index in [1.54, 1.807) is 0 Å². The molecule has 0 fully saturated rings. The quantitative estimate of drug-likeness (QED) is 0.207. The van der Waals surface area contributed by atoms with E-state index < -0.39 is 0 Å². The second-order valence-electron chi connectivity index (χ2n) is 10.8. The van der Waals surface area contributed by atoms with Crippen LogP contribution in [0.5, 0.6) is 0 Å². The zero-order valence-corrected chi connectivity index (χ0v) is 27.2. The summed E-state index contributed by atoms with van der Waals surface area (Å²) in [5.74, 6) is 0. The van der Waals surface area contributed by atoms with Crippen LogP contribution in [0.25, 0.3) is 45.9 Å². The standard InChI is InChI=1S/C36H46N4.Ni/c1-9-22-21-33-26(13-5)31-18-17-29(37-31)25(12-4)30-19-20-32(38-30)27(14-6)35-23(10-2)24(11-3)36(40(35)16-8)28(15-7)34(22)39-33;/h17-21,37H,9-16H2,1-8H3;. The van der Waals surface area contributed by atoms with Gasteiger partial charge in [-0.2, -0.15) is 0 Å². The summed E-state index contributed by atoms with van der Waals surface area (Å²) in [6.45, 7) is 19.2. The molecule has 0 unspecified atom stereocenters. The monoisotopic (exact) mass is 592 g/mol. The maximum Gasteiger partial charge on any atom is 0.0722 e. The Hall–Kier alpha value is -2.91. The fourth-order valence-corrected chi connectivity index (χ4v) is 7.02. The Bertz CT molecular complexity index is 1680. The van der Waals surface area contributed by atoms with Crippen molar-refractivity contribution in [1.82, 2.24) is 19.5 Å². The van der Waals surface area contributed by atoms with Crippen LogP contribution in [0, 0.1) is 0 Å². The van der Waals surface area contributed by atoms with Gasteiger partial charge in [-0.1, -0.05) is 48.5 Å². The van der Waals surface area contributed by atoms with Crippen LogP contribution in [0.4, 0.5) is 0 Å². The van der Waals surface area contributed by atoms with E-state index in [0.717, 1.165) is 79.6 Å². The zero-order valence-electron chi connectivity index (χ0n) is 26.2. The van der Waals surface area contributed by atoms with Crippen LogP contribution >= 0.6 is 0 Å². The summed E-state index contributed by atoms with van der Waals surface area (Å²) >= 11 is 0. The molecule has 220 valence electrons. The molecule has 0 aliphatic carbocycles. The van der Waals surface area contributed by atoms with E-state index in [9.17, 15) is 0 Å². The van der Waals surface area contributed by atoms with Crippen LogP contribution in [0.3, 0.4) is 0 Å². The van der Waals surface area contributed by atoms with Gasteiger partial charge in [0.15, 0.2) is 0 Å². The Morgan fingerprint density at radius 3 is 1.54 bits per heavy atom. The number of aromatic amines is 1. The van der Waals surface area contributed by atoms with Gasteiger partial charge in [-0.25, -0.2) is 9.97 Å². The Kier molecular flexibility index (Phi) is 9.80. The summed E-state index contributed by atoms with van der Waals surface area (Å²) < 4.78 is 2.61. The summed E-state index contributed by atoms with van der Waals surface area (Å²) in [5, 5.41) is 0. The molecule has 8 bridgehead atoms. The SMILES string of the molecule is CCC1=Cc2nc1c(CC)c1c(CC)c(CC)c(c(CC)c3nc(c(CC)c4ccc([nH]4)c2CC)C=C3)n1CC.[Ni]. The molecule has 5 heterocycles. The van der Waals surface area contributed by atoms with Crippen molar-refractivity contribution in [2.24, 2.45) is 0 Å². The number of fused-ring (bicyclic) bond motifs is 8. The average Bonchev–Trinajstić information content (AvgIpc) is 3.77. The molecule has 41 heavy (non-hydrogen) atoms. The minimum Gasteiger partial charge on any atom is -0.355 e. The smallest absolute Gasteiger partial charge is 0.0722 e. The summed E-state index contributed by atoms with van der Waals surface area (Å²) in [6.07, 6.45) is 13.6. The van der Waals surface area contributed by atoms with Gasteiger partial charge in [0.2, 0.25) is 0 Å². The van der Waals surface area contributed by atoms with Crippen LogP contribution < -0.4 is 0 Å². The summed E-state index contributed by atoms with van der Waals surface area (Å²) in [4.78, 5) is 14.5. The number of aryl methyl sites for hydroxylation is 7. The molecule has 3 aromatic heterocycles. The molecule has 5 heteroatoms. The minimum atomic E-state index is 0. The third-order valence-corrected chi connectivity index (χ3v) is 8.90. The van der Waals surface area contributed by atoms with Crippen molar-refractivity contribution in [3.63, 3.8) is 0 Å². The van der Waals surface area contributed by atoms with E-state index in [0.29, 0.717) is 0 Å². The van der Waals surface area contributed by atoms with Crippen molar-refractivity contribution in [1.29, 1.82) is 0 Å². The third-order valence-electron chi connectivity index (χ3n) is 8.90. The van der Waals surface area contributed by atoms with Gasteiger partial charge in [0.1, 0.15) is 0 Å². The van der Waals surface area contributed by atoms with Gasteiger partial charge in [0.05, 0.1) is 33.8 Å². The molecule has 0 amide bonds. The first-order chi connectivity index (χ1) is 19.5. The molecule has 0 aromatic carbocycles. The summed E-state index contributed by atoms with van der Waals surface area (Å²) in [5.41, 5.74) is 19.2. The van der Waals surface area contributed by atoms with E-state index >= 15 is 0 Å². The summed E-state index contributed by atoms with van der Waals surface area (Å²) in [7, 11) is 0. The molecular weight excluding hydrogens is 547 g/mol. The number of aromatic nitrogens is 4. The average molecular weight is 593 g/mol. The van der Waals surface area contributed by atoms with Crippen LogP contribution in [-0.2, 0) is 61.6 Å². The fraction of sp³-hybridized carbons (Fsp3) is 0.444. The Morgan fingerprint density at radius 1 is 0.561 bits per heavy atom. The molecular formula is C36H46N4Ni. The topological polar surface area (TPSA) is 46.5 Å².